The third-order valence-electron chi connectivity index (χ3n) is 7.89. The van der Waals surface area contributed by atoms with Crippen molar-refractivity contribution in [2.24, 2.45) is 16.2 Å². The summed E-state index contributed by atoms with van der Waals surface area (Å²) in [5.41, 5.74) is 2.34. The molecule has 2 aliphatic heterocycles. The van der Waals surface area contributed by atoms with Crippen molar-refractivity contribution in [3.63, 3.8) is 0 Å². The van der Waals surface area contributed by atoms with Gasteiger partial charge in [0, 0.05) is 5.41 Å². The second-order valence-corrected chi connectivity index (χ2v) is 7.88. The lowest BCUT2D eigenvalue weighted by molar-refractivity contribution is -0.0420. The Balaban J connectivity index is 1.72. The van der Waals surface area contributed by atoms with Gasteiger partial charge in [-0.05, 0) is 62.2 Å². The van der Waals surface area contributed by atoms with Gasteiger partial charge < -0.3 is 9.47 Å². The van der Waals surface area contributed by atoms with E-state index in [9.17, 15) is 0 Å². The molecule has 6 aliphatic rings. The van der Waals surface area contributed by atoms with Gasteiger partial charge in [0.15, 0.2) is 0 Å². The van der Waals surface area contributed by atoms with Crippen LogP contribution in [0.4, 0.5) is 0 Å². The fraction of sp³-hybridized carbons (Fsp3) is 1.00. The summed E-state index contributed by atoms with van der Waals surface area (Å²) in [6.45, 7) is 2.11. The molecule has 2 nitrogen and oxygen atoms in total. The second kappa shape index (κ2) is 2.02. The predicted molar refractivity (Wildman–Crippen MR) is 61.6 cm³/mol. The number of ether oxygens (including phenoxy) is 2. The lowest BCUT2D eigenvalue weighted by Crippen LogP contribution is -2.53. The van der Waals surface area contributed by atoms with Gasteiger partial charge in [0.1, 0.15) is 11.2 Å². The largest absolute Gasteiger partial charge is 0.369 e. The van der Waals surface area contributed by atoms with E-state index in [2.05, 4.69) is 0 Å². The fourth-order valence-electron chi connectivity index (χ4n) is 7.44. The molecule has 2 heterocycles. The third-order valence-corrected chi connectivity index (χ3v) is 7.89. The van der Waals surface area contributed by atoms with E-state index in [-0.39, 0.29) is 11.2 Å². The van der Waals surface area contributed by atoms with Crippen molar-refractivity contribution in [1.29, 1.82) is 0 Å². The number of rotatable bonds is 0. The quantitative estimate of drug-likeness (QED) is 0.600. The maximum absolute atomic E-state index is 6.14. The van der Waals surface area contributed by atoms with Crippen LogP contribution in [0, 0.1) is 16.2 Å². The highest BCUT2D eigenvalue weighted by Crippen LogP contribution is 2.92. The first-order valence-electron chi connectivity index (χ1n) is 7.52. The molecule has 2 heteroatoms. The van der Waals surface area contributed by atoms with Crippen LogP contribution in [-0.4, -0.2) is 24.4 Å². The molecule has 0 N–H and O–H groups in total. The molecule has 4 aliphatic carbocycles. The highest BCUT2D eigenvalue weighted by Gasteiger charge is 2.94. The van der Waals surface area contributed by atoms with Crippen molar-refractivity contribution in [2.45, 2.75) is 62.6 Å². The summed E-state index contributed by atoms with van der Waals surface area (Å²) in [6, 6.07) is 0. The first-order chi connectivity index (χ1) is 8.24. The normalized spacial score (nSPS) is 67.8. The molecule has 0 amide bonds. The van der Waals surface area contributed by atoms with Crippen LogP contribution in [0.3, 0.4) is 0 Å². The van der Waals surface area contributed by atoms with Crippen LogP contribution >= 0.6 is 0 Å². The van der Waals surface area contributed by atoms with E-state index < -0.39 is 0 Å². The molecule has 2 saturated heterocycles. The topological polar surface area (TPSA) is 25.1 Å². The average Bonchev–Trinajstić information content (AvgIpc) is 3.18. The summed E-state index contributed by atoms with van der Waals surface area (Å²) in [5.74, 6) is 0. The summed E-state index contributed by atoms with van der Waals surface area (Å²) >= 11 is 0. The smallest absolute Gasteiger partial charge is 0.101 e. The van der Waals surface area contributed by atoms with Crippen LogP contribution in [-0.2, 0) is 9.47 Å². The standard InChI is InChI=1S/C15H20O2/c1-2-11(1)3-4-12-5-7-13(9-16-13)15(11,12)14(8-6-12)10-17-14/h1-10H2. The van der Waals surface area contributed by atoms with Gasteiger partial charge in [0.2, 0.25) is 0 Å². The maximum Gasteiger partial charge on any atom is 0.101 e. The molecule has 0 aromatic rings. The first kappa shape index (κ1) is 8.92. The summed E-state index contributed by atoms with van der Waals surface area (Å²) in [7, 11) is 0. The Kier molecular flexibility index (Phi) is 1.06. The van der Waals surface area contributed by atoms with Crippen LogP contribution in [0.25, 0.3) is 0 Å². The van der Waals surface area contributed by atoms with Gasteiger partial charge in [-0.25, -0.2) is 0 Å². The monoisotopic (exact) mass is 232 g/mol. The molecule has 3 spiro atoms. The SMILES string of the molecule is C1CC12CCC13CCC4(CO4)C21C1(CC3)CO1. The lowest BCUT2D eigenvalue weighted by atomic mass is 9.56. The molecule has 0 aromatic carbocycles. The van der Waals surface area contributed by atoms with Gasteiger partial charge in [-0.2, -0.15) is 0 Å². The Hall–Kier alpha value is -0.0800. The van der Waals surface area contributed by atoms with Gasteiger partial charge in [0.05, 0.1) is 13.2 Å². The Labute approximate surface area is 102 Å². The molecular weight excluding hydrogens is 212 g/mol. The number of hydrogen-bond acceptors (Lipinski definition) is 2. The first-order valence-corrected chi connectivity index (χ1v) is 7.52. The Morgan fingerprint density at radius 3 is 1.24 bits per heavy atom. The zero-order valence-electron chi connectivity index (χ0n) is 10.4. The van der Waals surface area contributed by atoms with Crippen molar-refractivity contribution >= 4 is 0 Å². The maximum atomic E-state index is 6.14. The molecule has 17 heavy (non-hydrogen) atoms. The molecule has 92 valence electrons. The van der Waals surface area contributed by atoms with Crippen molar-refractivity contribution < 1.29 is 9.47 Å². The minimum absolute atomic E-state index is 0.285. The molecule has 4 saturated carbocycles. The molecule has 6 rings (SSSR count). The highest BCUT2D eigenvalue weighted by molar-refractivity contribution is 5.42. The minimum atomic E-state index is 0.285. The van der Waals surface area contributed by atoms with Gasteiger partial charge >= 0.3 is 0 Å². The van der Waals surface area contributed by atoms with Crippen LogP contribution < -0.4 is 0 Å². The summed E-state index contributed by atoms with van der Waals surface area (Å²) in [4.78, 5) is 0. The third kappa shape index (κ3) is 0.596. The van der Waals surface area contributed by atoms with Crippen molar-refractivity contribution in [3.8, 4) is 0 Å². The number of hydrogen-bond donors (Lipinski definition) is 0. The lowest BCUT2D eigenvalue weighted by Gasteiger charge is -2.45. The Morgan fingerprint density at radius 1 is 0.529 bits per heavy atom. The summed E-state index contributed by atoms with van der Waals surface area (Å²) in [6.07, 6.45) is 11.5. The van der Waals surface area contributed by atoms with Gasteiger partial charge in [0.25, 0.3) is 0 Å². The molecule has 2 unspecified atom stereocenters. The van der Waals surface area contributed by atoms with E-state index in [0.29, 0.717) is 16.2 Å². The van der Waals surface area contributed by atoms with Gasteiger partial charge in [-0.1, -0.05) is 0 Å². The molecule has 0 radical (unpaired) electrons. The molecule has 0 bridgehead atoms. The van der Waals surface area contributed by atoms with Crippen LogP contribution in [0.2, 0.25) is 0 Å². The van der Waals surface area contributed by atoms with Crippen molar-refractivity contribution in [2.75, 3.05) is 13.2 Å². The number of epoxide rings is 2. The Bertz CT molecular complexity index is 377. The molecule has 6 fully saturated rings. The fourth-order valence-corrected chi connectivity index (χ4v) is 7.44. The molecule has 0 aromatic heterocycles. The van der Waals surface area contributed by atoms with Gasteiger partial charge in [-0.3, -0.25) is 0 Å². The van der Waals surface area contributed by atoms with E-state index in [4.69, 9.17) is 9.47 Å². The van der Waals surface area contributed by atoms with Gasteiger partial charge in [-0.15, -0.1) is 0 Å². The van der Waals surface area contributed by atoms with E-state index >= 15 is 0 Å². The molecular formula is C15H20O2. The zero-order chi connectivity index (χ0) is 11.0. The van der Waals surface area contributed by atoms with E-state index in [1.165, 1.54) is 51.4 Å². The minimum Gasteiger partial charge on any atom is -0.369 e. The Morgan fingerprint density at radius 2 is 0.882 bits per heavy atom. The average molecular weight is 232 g/mol. The van der Waals surface area contributed by atoms with Crippen LogP contribution in [0.5, 0.6) is 0 Å². The van der Waals surface area contributed by atoms with Crippen molar-refractivity contribution in [3.05, 3.63) is 0 Å². The van der Waals surface area contributed by atoms with E-state index in [1.807, 2.05) is 0 Å². The summed E-state index contributed by atoms with van der Waals surface area (Å²) in [5, 5.41) is 0. The predicted octanol–water partition coefficient (Wildman–Crippen LogP) is 2.66. The van der Waals surface area contributed by atoms with E-state index in [0.717, 1.165) is 13.2 Å². The van der Waals surface area contributed by atoms with Crippen molar-refractivity contribution in [1.82, 2.24) is 0 Å². The van der Waals surface area contributed by atoms with E-state index in [1.54, 1.807) is 0 Å². The summed E-state index contributed by atoms with van der Waals surface area (Å²) < 4.78 is 12.3. The second-order valence-electron chi connectivity index (χ2n) is 7.88. The zero-order valence-corrected chi connectivity index (χ0v) is 10.4. The molecule has 2 atom stereocenters. The highest BCUT2D eigenvalue weighted by atomic mass is 16.6. The van der Waals surface area contributed by atoms with Crippen LogP contribution in [0.1, 0.15) is 51.4 Å². The van der Waals surface area contributed by atoms with Crippen LogP contribution in [0.15, 0.2) is 0 Å².